The van der Waals surface area contributed by atoms with E-state index in [1.807, 2.05) is 0 Å². The Bertz CT molecular complexity index is 1210. The first-order chi connectivity index (χ1) is 16.5. The minimum absolute atomic E-state index is 0.00776. The van der Waals surface area contributed by atoms with Crippen LogP contribution >= 0.6 is 11.6 Å². The highest BCUT2D eigenvalue weighted by molar-refractivity contribution is 6.30. The van der Waals surface area contributed by atoms with Gasteiger partial charge in [0, 0.05) is 47.8 Å². The molecule has 0 fully saturated rings. The van der Waals surface area contributed by atoms with Crippen LogP contribution in [0.5, 0.6) is 11.5 Å². The Morgan fingerprint density at radius 3 is 2.09 bits per heavy atom. The van der Waals surface area contributed by atoms with E-state index >= 15 is 0 Å². The van der Waals surface area contributed by atoms with Gasteiger partial charge < -0.3 is 14.2 Å². The van der Waals surface area contributed by atoms with Gasteiger partial charge in [0.25, 0.3) is 0 Å². The molecule has 2 aliphatic carbocycles. The fourth-order valence-corrected chi connectivity index (χ4v) is 4.97. The molecule has 34 heavy (non-hydrogen) atoms. The van der Waals surface area contributed by atoms with Crippen molar-refractivity contribution in [3.8, 4) is 11.5 Å². The van der Waals surface area contributed by atoms with Crippen LogP contribution < -0.4 is 9.47 Å². The first kappa shape index (κ1) is 22.4. The lowest BCUT2D eigenvalue weighted by Gasteiger charge is -2.36. The molecule has 7 heteroatoms. The van der Waals surface area contributed by atoms with Gasteiger partial charge in [-0.25, -0.2) is 4.79 Å². The van der Waals surface area contributed by atoms with E-state index in [-0.39, 0.29) is 17.3 Å². The normalized spacial score (nSPS) is 18.3. The summed E-state index contributed by atoms with van der Waals surface area (Å²) in [6.45, 7) is 0. The largest absolute Gasteiger partial charge is 0.493 e. The number of ketones is 2. The van der Waals surface area contributed by atoms with Crippen LogP contribution in [0.4, 0.5) is 0 Å². The van der Waals surface area contributed by atoms with Crippen LogP contribution in [0, 0.1) is 0 Å². The van der Waals surface area contributed by atoms with Crippen LogP contribution in [0.2, 0.25) is 5.02 Å². The Morgan fingerprint density at radius 1 is 0.882 bits per heavy atom. The molecule has 5 rings (SSSR count). The van der Waals surface area contributed by atoms with Gasteiger partial charge in [-0.15, -0.1) is 0 Å². The van der Waals surface area contributed by atoms with Crippen molar-refractivity contribution < 1.29 is 28.6 Å². The molecular formula is C27H23ClO6. The van der Waals surface area contributed by atoms with E-state index in [1.165, 1.54) is 7.11 Å². The molecule has 0 radical (unpaired) electrons. The molecule has 0 N–H and O–H groups in total. The van der Waals surface area contributed by atoms with Gasteiger partial charge in [0.1, 0.15) is 11.5 Å². The lowest BCUT2D eigenvalue weighted by Crippen LogP contribution is -2.30. The number of rotatable bonds is 4. The topological polar surface area (TPSA) is 78.9 Å². The van der Waals surface area contributed by atoms with E-state index in [9.17, 15) is 14.4 Å². The number of hydrogen-bond acceptors (Lipinski definition) is 6. The third-order valence-corrected chi connectivity index (χ3v) is 6.70. The summed E-state index contributed by atoms with van der Waals surface area (Å²) in [6.07, 6.45) is 3.70. The molecule has 174 valence electrons. The van der Waals surface area contributed by atoms with Gasteiger partial charge in [0.05, 0.1) is 12.7 Å². The first-order valence-electron chi connectivity index (χ1n) is 11.3. The zero-order chi connectivity index (χ0) is 23.8. The maximum atomic E-state index is 13.0. The first-order valence-corrected chi connectivity index (χ1v) is 11.7. The number of carbonyl (C=O) groups is 3. The van der Waals surface area contributed by atoms with Crippen LogP contribution in [0.3, 0.4) is 0 Å². The van der Waals surface area contributed by atoms with Crippen LogP contribution in [0.15, 0.2) is 65.1 Å². The molecule has 2 aromatic carbocycles. The van der Waals surface area contributed by atoms with Crippen molar-refractivity contribution in [3.05, 3.63) is 81.3 Å². The molecule has 2 aromatic rings. The monoisotopic (exact) mass is 478 g/mol. The van der Waals surface area contributed by atoms with Gasteiger partial charge in [0.15, 0.2) is 23.1 Å². The van der Waals surface area contributed by atoms with Gasteiger partial charge in [-0.3, -0.25) is 9.59 Å². The summed E-state index contributed by atoms with van der Waals surface area (Å²) in [6, 6.07) is 11.5. The predicted molar refractivity (Wildman–Crippen MR) is 125 cm³/mol. The molecule has 1 aliphatic heterocycles. The molecule has 6 nitrogen and oxygen atoms in total. The van der Waals surface area contributed by atoms with Crippen LogP contribution in [-0.4, -0.2) is 24.6 Å². The molecule has 0 aromatic heterocycles. The highest BCUT2D eigenvalue weighted by Crippen LogP contribution is 2.48. The maximum Gasteiger partial charge on any atom is 0.343 e. The van der Waals surface area contributed by atoms with Crippen LogP contribution in [0.25, 0.3) is 0 Å². The van der Waals surface area contributed by atoms with E-state index in [2.05, 4.69) is 0 Å². The number of hydrogen-bond donors (Lipinski definition) is 0. The molecule has 0 spiro atoms. The molecule has 3 aliphatic rings. The zero-order valence-corrected chi connectivity index (χ0v) is 19.4. The summed E-state index contributed by atoms with van der Waals surface area (Å²) >= 11 is 5.90. The smallest absolute Gasteiger partial charge is 0.343 e. The number of esters is 1. The second-order valence-corrected chi connectivity index (χ2v) is 9.01. The molecule has 1 heterocycles. The van der Waals surface area contributed by atoms with Gasteiger partial charge in [-0.1, -0.05) is 17.7 Å². The van der Waals surface area contributed by atoms with Crippen molar-refractivity contribution in [1.82, 2.24) is 0 Å². The van der Waals surface area contributed by atoms with Gasteiger partial charge in [-0.05, 0) is 54.8 Å². The SMILES string of the molecule is COc1cc(C2C3=C(CCCC3=O)OC3=C2C(=O)CCC3)ccc1OC(=O)c1ccc(Cl)cc1. The fraction of sp³-hybridized carbons (Fsp3) is 0.296. The Hall–Kier alpha value is -3.38. The highest BCUT2D eigenvalue weighted by atomic mass is 35.5. The Balaban J connectivity index is 1.53. The van der Waals surface area contributed by atoms with E-state index in [1.54, 1.807) is 42.5 Å². The van der Waals surface area contributed by atoms with Crippen molar-refractivity contribution in [3.63, 3.8) is 0 Å². The second kappa shape index (κ2) is 9.11. The Labute approximate surface area is 202 Å². The Kier molecular flexibility index (Phi) is 6.00. The van der Waals surface area contributed by atoms with E-state index in [0.29, 0.717) is 64.7 Å². The number of methoxy groups -OCH3 is 1. The van der Waals surface area contributed by atoms with Gasteiger partial charge in [-0.2, -0.15) is 0 Å². The average Bonchev–Trinajstić information content (AvgIpc) is 2.84. The number of allylic oxidation sites excluding steroid dienone is 4. The summed E-state index contributed by atoms with van der Waals surface area (Å²) in [7, 11) is 1.48. The van der Waals surface area contributed by atoms with Crippen molar-refractivity contribution >= 4 is 29.1 Å². The molecule has 0 atom stereocenters. The summed E-state index contributed by atoms with van der Waals surface area (Å²) in [5.74, 6) is 0.886. The van der Waals surface area contributed by atoms with Crippen LogP contribution in [-0.2, 0) is 14.3 Å². The number of benzene rings is 2. The highest BCUT2D eigenvalue weighted by Gasteiger charge is 2.42. The molecule has 0 amide bonds. The number of ether oxygens (including phenoxy) is 3. The average molecular weight is 479 g/mol. The van der Waals surface area contributed by atoms with Gasteiger partial charge in [0.2, 0.25) is 0 Å². The quantitative estimate of drug-likeness (QED) is 0.414. The minimum Gasteiger partial charge on any atom is -0.493 e. The molecule has 0 bridgehead atoms. The van der Waals surface area contributed by atoms with Crippen molar-refractivity contribution in [1.29, 1.82) is 0 Å². The minimum atomic E-state index is -0.548. The standard InChI is InChI=1S/C27H23ClO6/c1-32-23-14-16(10-13-20(23)34-27(31)15-8-11-17(28)12-9-15)24-25-18(29)4-2-6-21(25)33-22-7-3-5-19(30)26(22)24/h8-14,24H,2-7H2,1H3. The van der Waals surface area contributed by atoms with Crippen molar-refractivity contribution in [2.24, 2.45) is 0 Å². The molecule has 0 saturated carbocycles. The van der Waals surface area contributed by atoms with Crippen molar-refractivity contribution in [2.45, 2.75) is 44.4 Å². The third kappa shape index (κ3) is 4.03. The fourth-order valence-electron chi connectivity index (χ4n) is 4.84. The summed E-state index contributed by atoms with van der Waals surface area (Å²) < 4.78 is 17.2. The van der Waals surface area contributed by atoms with Crippen molar-refractivity contribution in [2.75, 3.05) is 7.11 Å². The predicted octanol–water partition coefficient (Wildman–Crippen LogP) is 5.70. The zero-order valence-electron chi connectivity index (χ0n) is 18.7. The maximum absolute atomic E-state index is 13.0. The van der Waals surface area contributed by atoms with E-state index < -0.39 is 11.9 Å². The van der Waals surface area contributed by atoms with Crippen LogP contribution in [0.1, 0.15) is 60.4 Å². The summed E-state index contributed by atoms with van der Waals surface area (Å²) in [5.41, 5.74) is 2.21. The third-order valence-electron chi connectivity index (χ3n) is 6.44. The number of carbonyl (C=O) groups excluding carboxylic acids is 3. The Morgan fingerprint density at radius 2 is 1.50 bits per heavy atom. The number of halogens is 1. The lowest BCUT2D eigenvalue weighted by atomic mass is 9.73. The van der Waals surface area contributed by atoms with Gasteiger partial charge >= 0.3 is 5.97 Å². The van der Waals surface area contributed by atoms with E-state index in [4.69, 9.17) is 25.8 Å². The molecular weight excluding hydrogens is 456 g/mol. The summed E-state index contributed by atoms with van der Waals surface area (Å²) in [5, 5.41) is 0.520. The lowest BCUT2D eigenvalue weighted by molar-refractivity contribution is -0.117. The second-order valence-electron chi connectivity index (χ2n) is 8.57. The van der Waals surface area contributed by atoms with E-state index in [0.717, 1.165) is 18.4 Å². The molecule has 0 saturated heterocycles. The summed E-state index contributed by atoms with van der Waals surface area (Å²) in [4.78, 5) is 38.5. The molecule has 0 unspecified atom stereocenters. The number of Topliss-reactive ketones (excluding diaryl/α,β-unsaturated/α-hetero) is 2.